The second-order valence-electron chi connectivity index (χ2n) is 4.75. The number of carbonyl (C=O) groups is 1. The number of aromatic nitrogens is 1. The van der Waals surface area contributed by atoms with Crippen LogP contribution in [0, 0.1) is 0 Å². The molecule has 6 nitrogen and oxygen atoms in total. The molecule has 0 aliphatic rings. The van der Waals surface area contributed by atoms with Crippen molar-refractivity contribution in [3.63, 3.8) is 0 Å². The third-order valence-electron chi connectivity index (χ3n) is 3.14. The Morgan fingerprint density at radius 1 is 1.39 bits per heavy atom. The van der Waals surface area contributed by atoms with E-state index in [0.717, 1.165) is 0 Å². The number of carbonyl (C=O) groups excluding carboxylic acids is 1. The van der Waals surface area contributed by atoms with E-state index in [4.69, 9.17) is 33.5 Å². The van der Waals surface area contributed by atoms with Crippen LogP contribution < -0.4 is 11.1 Å². The Labute approximate surface area is 141 Å². The normalized spacial score (nSPS) is 13.8. The van der Waals surface area contributed by atoms with Crippen molar-refractivity contribution in [2.75, 3.05) is 12.4 Å². The number of anilines is 1. The van der Waals surface area contributed by atoms with Gasteiger partial charge in [0.1, 0.15) is 12.8 Å². The maximum Gasteiger partial charge on any atom is 0.253 e. The minimum Gasteiger partial charge on any atom is -0.386 e. The van der Waals surface area contributed by atoms with Gasteiger partial charge in [-0.2, -0.15) is 0 Å². The summed E-state index contributed by atoms with van der Waals surface area (Å²) in [5.41, 5.74) is 6.57. The number of amides is 1. The summed E-state index contributed by atoms with van der Waals surface area (Å²) >= 11 is 10.8. The maximum absolute atomic E-state index is 13.1. The van der Waals surface area contributed by atoms with E-state index in [1.807, 2.05) is 0 Å². The first-order valence-electron chi connectivity index (χ1n) is 6.57. The molecule has 2 unspecified atom stereocenters. The van der Waals surface area contributed by atoms with Crippen LogP contribution in [0.2, 0.25) is 0 Å². The summed E-state index contributed by atoms with van der Waals surface area (Å²) in [4.78, 5) is 10.1. The van der Waals surface area contributed by atoms with Gasteiger partial charge < -0.3 is 20.7 Å². The summed E-state index contributed by atoms with van der Waals surface area (Å²) in [6, 6.07) is 6.85. The Balaban J connectivity index is 2.12. The van der Waals surface area contributed by atoms with Gasteiger partial charge in [0.15, 0.2) is 16.4 Å². The highest BCUT2D eigenvalue weighted by Gasteiger charge is 2.25. The second kappa shape index (κ2) is 7.63. The van der Waals surface area contributed by atoms with Gasteiger partial charge in [-0.3, -0.25) is 4.79 Å². The Bertz CT molecular complexity index is 664. The van der Waals surface area contributed by atoms with Gasteiger partial charge in [-0.25, -0.2) is 4.39 Å². The number of aliphatic hydroxyl groups excluding tert-OH is 1. The molecule has 2 atom stereocenters. The molecule has 1 aromatic carbocycles. The third kappa shape index (κ3) is 4.34. The van der Waals surface area contributed by atoms with Gasteiger partial charge in [0.25, 0.3) is 5.91 Å². The van der Waals surface area contributed by atoms with Crippen LogP contribution in [0.1, 0.15) is 11.7 Å². The highest BCUT2D eigenvalue weighted by molar-refractivity contribution is 6.53. The van der Waals surface area contributed by atoms with Crippen LogP contribution in [-0.2, 0) is 4.79 Å². The van der Waals surface area contributed by atoms with Crippen molar-refractivity contribution in [1.29, 1.82) is 0 Å². The number of rotatable bonds is 6. The number of nitrogens with two attached hydrogens (primary N) is 1. The number of alkyl halides is 3. The van der Waals surface area contributed by atoms with Gasteiger partial charge in [-0.1, -0.05) is 52.6 Å². The van der Waals surface area contributed by atoms with Crippen LogP contribution in [0.5, 0.6) is 0 Å². The Morgan fingerprint density at radius 3 is 2.52 bits per heavy atom. The van der Waals surface area contributed by atoms with Crippen molar-refractivity contribution in [2.24, 2.45) is 0 Å². The lowest BCUT2D eigenvalue weighted by Crippen LogP contribution is -2.43. The van der Waals surface area contributed by atoms with Crippen molar-refractivity contribution in [2.45, 2.75) is 17.0 Å². The molecule has 0 saturated carbocycles. The number of halogens is 3. The summed E-state index contributed by atoms with van der Waals surface area (Å²) in [6.07, 6.45) is -1.26. The van der Waals surface area contributed by atoms with Crippen LogP contribution in [0.25, 0.3) is 11.3 Å². The van der Waals surface area contributed by atoms with Crippen molar-refractivity contribution in [1.82, 2.24) is 10.5 Å². The minimum absolute atomic E-state index is 0.251. The Hall–Kier alpha value is -1.83. The fraction of sp³-hybridized carbons (Fsp3) is 0.286. The SMILES string of the molecule is Nc1cc(-c2ccc(C(O)C(CF)NC(=O)C(Cl)Cl)cc2)on1. The largest absolute Gasteiger partial charge is 0.386 e. The molecule has 0 aliphatic carbocycles. The summed E-state index contributed by atoms with van der Waals surface area (Å²) in [5.74, 6) is -0.0594. The monoisotopic (exact) mass is 361 g/mol. The molecule has 0 saturated heterocycles. The molecular weight excluding hydrogens is 348 g/mol. The van der Waals surface area contributed by atoms with Gasteiger partial charge in [0.05, 0.1) is 6.04 Å². The average molecular weight is 362 g/mol. The van der Waals surface area contributed by atoms with E-state index in [-0.39, 0.29) is 5.82 Å². The smallest absolute Gasteiger partial charge is 0.253 e. The van der Waals surface area contributed by atoms with E-state index in [2.05, 4.69) is 10.5 Å². The van der Waals surface area contributed by atoms with Crippen LogP contribution in [0.15, 0.2) is 34.9 Å². The summed E-state index contributed by atoms with van der Waals surface area (Å²) in [6.45, 7) is -0.978. The molecule has 9 heteroatoms. The van der Waals surface area contributed by atoms with Crippen LogP contribution in [0.4, 0.5) is 10.2 Å². The van der Waals surface area contributed by atoms with E-state index in [9.17, 15) is 14.3 Å². The first-order chi connectivity index (χ1) is 10.9. The van der Waals surface area contributed by atoms with Crippen molar-refractivity contribution >= 4 is 34.9 Å². The van der Waals surface area contributed by atoms with Gasteiger partial charge in [0.2, 0.25) is 0 Å². The van der Waals surface area contributed by atoms with E-state index in [1.54, 1.807) is 30.3 Å². The standard InChI is InChI=1S/C14H14Cl2FN3O3/c15-13(16)14(22)19-9(6-17)12(21)8-3-1-7(2-4-8)10-5-11(18)20-23-10/h1-5,9,12-13,21H,6H2,(H2,18,20)(H,19,22). The number of hydrogen-bond donors (Lipinski definition) is 3. The lowest BCUT2D eigenvalue weighted by molar-refractivity contribution is -0.121. The first-order valence-corrected chi connectivity index (χ1v) is 7.44. The molecule has 4 N–H and O–H groups in total. The van der Waals surface area contributed by atoms with Crippen molar-refractivity contribution < 1.29 is 18.8 Å². The van der Waals surface area contributed by atoms with Crippen LogP contribution in [0.3, 0.4) is 0 Å². The number of hydrogen-bond acceptors (Lipinski definition) is 5. The maximum atomic E-state index is 13.1. The second-order valence-corrected chi connectivity index (χ2v) is 5.85. The molecule has 124 valence electrons. The number of nitrogens with one attached hydrogen (secondary N) is 1. The zero-order valence-electron chi connectivity index (χ0n) is 11.7. The highest BCUT2D eigenvalue weighted by Crippen LogP contribution is 2.25. The number of aliphatic hydroxyl groups is 1. The minimum atomic E-state index is -1.34. The van der Waals surface area contributed by atoms with E-state index < -0.39 is 29.6 Å². The molecule has 0 fully saturated rings. The van der Waals surface area contributed by atoms with Gasteiger partial charge >= 0.3 is 0 Å². The fourth-order valence-electron chi connectivity index (χ4n) is 1.95. The number of nitrogens with zero attached hydrogens (tertiary/aromatic N) is 1. The van der Waals surface area contributed by atoms with Gasteiger partial charge in [-0.05, 0) is 5.56 Å². The van der Waals surface area contributed by atoms with Crippen molar-refractivity contribution in [3.05, 3.63) is 35.9 Å². The molecule has 2 aromatic rings. The topological polar surface area (TPSA) is 101 Å². The van der Waals surface area contributed by atoms with Gasteiger partial charge in [0, 0.05) is 11.6 Å². The molecule has 1 amide bonds. The zero-order valence-corrected chi connectivity index (χ0v) is 13.3. The van der Waals surface area contributed by atoms with Crippen molar-refractivity contribution in [3.8, 4) is 11.3 Å². The van der Waals surface area contributed by atoms with E-state index >= 15 is 0 Å². The lowest BCUT2D eigenvalue weighted by atomic mass is 10.0. The number of nitrogen functional groups attached to an aromatic ring is 1. The summed E-state index contributed by atoms with van der Waals surface area (Å²) in [7, 11) is 0. The zero-order chi connectivity index (χ0) is 17.0. The average Bonchev–Trinajstić information content (AvgIpc) is 2.98. The summed E-state index contributed by atoms with van der Waals surface area (Å²) < 4.78 is 18.1. The van der Waals surface area contributed by atoms with Crippen LogP contribution >= 0.6 is 23.2 Å². The predicted octanol–water partition coefficient (Wildman–Crippen LogP) is 2.22. The number of benzene rings is 1. The molecular formula is C14H14Cl2FN3O3. The van der Waals surface area contributed by atoms with E-state index in [1.165, 1.54) is 0 Å². The summed E-state index contributed by atoms with van der Waals surface area (Å²) in [5, 5.41) is 16.0. The Kier molecular flexibility index (Phi) is 5.81. The molecule has 0 aliphatic heterocycles. The quantitative estimate of drug-likeness (QED) is 0.684. The molecule has 0 spiro atoms. The molecule has 1 aromatic heterocycles. The molecule has 23 heavy (non-hydrogen) atoms. The van der Waals surface area contributed by atoms with Crippen LogP contribution in [-0.4, -0.2) is 33.7 Å². The third-order valence-corrected chi connectivity index (χ3v) is 3.53. The fourth-order valence-corrected chi connectivity index (χ4v) is 2.08. The predicted molar refractivity (Wildman–Crippen MR) is 84.7 cm³/mol. The van der Waals surface area contributed by atoms with Gasteiger partial charge in [-0.15, -0.1) is 0 Å². The molecule has 0 bridgehead atoms. The Morgan fingerprint density at radius 2 is 2.04 bits per heavy atom. The molecule has 0 radical (unpaired) electrons. The van der Waals surface area contributed by atoms with E-state index in [0.29, 0.717) is 16.9 Å². The first kappa shape index (κ1) is 17.5. The lowest BCUT2D eigenvalue weighted by Gasteiger charge is -2.22. The molecule has 1 heterocycles. The highest BCUT2D eigenvalue weighted by atomic mass is 35.5. The molecule has 2 rings (SSSR count).